The number of halogens is 2. The van der Waals surface area contributed by atoms with E-state index in [4.69, 9.17) is 5.11 Å². The van der Waals surface area contributed by atoms with Crippen LogP contribution < -0.4 is 5.32 Å². The first-order chi connectivity index (χ1) is 6.30. The fourth-order valence-electron chi connectivity index (χ4n) is 0.736. The maximum absolute atomic E-state index is 12.5. The molecule has 0 aliphatic carbocycles. The van der Waals surface area contributed by atoms with Gasteiger partial charge in [0.15, 0.2) is 0 Å². The molecule has 0 fully saturated rings. The monoisotopic (exact) mass is 209 g/mol. The van der Waals surface area contributed by atoms with Gasteiger partial charge in [0.25, 0.3) is 5.92 Å². The largest absolute Gasteiger partial charge is 0.390 e. The van der Waals surface area contributed by atoms with E-state index in [1.807, 2.05) is 13.8 Å². The molecule has 0 rings (SSSR count). The van der Waals surface area contributed by atoms with Crippen molar-refractivity contribution in [3.8, 4) is 0 Å². The summed E-state index contributed by atoms with van der Waals surface area (Å²) in [6.07, 6.45) is 0. The Bertz CT molecular complexity index is 195. The molecule has 1 atom stereocenters. The summed E-state index contributed by atoms with van der Waals surface area (Å²) in [6, 6.07) is 0. The van der Waals surface area contributed by atoms with Gasteiger partial charge in [0, 0.05) is 5.92 Å². The Balaban J connectivity index is 3.97. The average Bonchev–Trinajstić information content (AvgIpc) is 2.13. The molecular weight excluding hydrogens is 192 g/mol. The van der Waals surface area contributed by atoms with Gasteiger partial charge in [0.1, 0.15) is 6.61 Å². The van der Waals surface area contributed by atoms with E-state index in [9.17, 15) is 13.6 Å². The number of carbonyl (C=O) groups excluding carboxylic acids is 1. The molecule has 0 aromatic carbocycles. The number of carbonyl (C=O) groups is 1. The highest BCUT2D eigenvalue weighted by Crippen LogP contribution is 2.12. The lowest BCUT2D eigenvalue weighted by molar-refractivity contribution is -0.128. The minimum absolute atomic E-state index is 0.109. The number of rotatable bonds is 5. The van der Waals surface area contributed by atoms with Gasteiger partial charge < -0.3 is 10.4 Å². The summed E-state index contributed by atoms with van der Waals surface area (Å²) in [7, 11) is 0. The molecule has 0 aliphatic heterocycles. The topological polar surface area (TPSA) is 49.3 Å². The lowest BCUT2D eigenvalue weighted by atomic mass is 9.97. The summed E-state index contributed by atoms with van der Waals surface area (Å²) in [5.41, 5.74) is 0. The fraction of sp³-hybridized carbons (Fsp3) is 0.889. The Morgan fingerprint density at radius 1 is 1.43 bits per heavy atom. The van der Waals surface area contributed by atoms with E-state index in [2.05, 4.69) is 5.32 Å². The van der Waals surface area contributed by atoms with Gasteiger partial charge in [0.2, 0.25) is 5.91 Å². The van der Waals surface area contributed by atoms with Gasteiger partial charge in [-0.05, 0) is 5.92 Å². The molecule has 84 valence electrons. The van der Waals surface area contributed by atoms with Crippen LogP contribution in [0.2, 0.25) is 0 Å². The van der Waals surface area contributed by atoms with E-state index in [1.165, 1.54) is 0 Å². The first kappa shape index (κ1) is 13.3. The molecular formula is C9H17F2NO2. The van der Waals surface area contributed by atoms with Crippen molar-refractivity contribution in [2.45, 2.75) is 26.7 Å². The van der Waals surface area contributed by atoms with E-state index in [-0.39, 0.29) is 11.8 Å². The van der Waals surface area contributed by atoms with Crippen LogP contribution in [0.3, 0.4) is 0 Å². The van der Waals surface area contributed by atoms with E-state index < -0.39 is 25.0 Å². The highest BCUT2D eigenvalue weighted by molar-refractivity contribution is 5.78. The Kier molecular flexibility index (Phi) is 4.97. The molecule has 0 radical (unpaired) electrons. The lowest BCUT2D eigenvalue weighted by Crippen LogP contribution is -2.41. The third-order valence-corrected chi connectivity index (χ3v) is 2.17. The predicted octanol–water partition coefficient (Wildman–Crippen LogP) is 1.02. The highest BCUT2D eigenvalue weighted by atomic mass is 19.3. The molecule has 1 amide bonds. The number of hydrogen-bond acceptors (Lipinski definition) is 2. The van der Waals surface area contributed by atoms with Gasteiger partial charge in [-0.3, -0.25) is 4.79 Å². The predicted molar refractivity (Wildman–Crippen MR) is 49.0 cm³/mol. The maximum Gasteiger partial charge on any atom is 0.287 e. The van der Waals surface area contributed by atoms with Gasteiger partial charge >= 0.3 is 0 Å². The first-order valence-electron chi connectivity index (χ1n) is 4.56. The quantitative estimate of drug-likeness (QED) is 0.710. The third kappa shape index (κ3) is 4.50. The molecule has 0 spiro atoms. The van der Waals surface area contributed by atoms with Crippen molar-refractivity contribution in [1.82, 2.24) is 5.32 Å². The van der Waals surface area contributed by atoms with Crippen molar-refractivity contribution in [2.75, 3.05) is 13.2 Å². The number of amides is 1. The number of hydrogen-bond donors (Lipinski definition) is 2. The van der Waals surface area contributed by atoms with Crippen molar-refractivity contribution in [3.63, 3.8) is 0 Å². The number of nitrogens with one attached hydrogen (secondary N) is 1. The fourth-order valence-corrected chi connectivity index (χ4v) is 0.736. The molecule has 0 aromatic heterocycles. The van der Waals surface area contributed by atoms with Crippen molar-refractivity contribution in [3.05, 3.63) is 0 Å². The molecule has 0 heterocycles. The van der Waals surface area contributed by atoms with Crippen LogP contribution in [0.4, 0.5) is 8.78 Å². The third-order valence-electron chi connectivity index (χ3n) is 2.17. The second-order valence-electron chi connectivity index (χ2n) is 3.76. The zero-order valence-corrected chi connectivity index (χ0v) is 8.68. The SMILES string of the molecule is CC(C)C(C)C(=O)NCC(F)(F)CO. The number of alkyl halides is 2. The Labute approximate surface area is 82.5 Å². The molecule has 0 aromatic rings. The number of aliphatic hydroxyl groups excluding tert-OH is 1. The van der Waals surface area contributed by atoms with E-state index in [0.29, 0.717) is 0 Å². The van der Waals surface area contributed by atoms with Gasteiger partial charge in [-0.25, -0.2) is 8.78 Å². The van der Waals surface area contributed by atoms with Crippen molar-refractivity contribution >= 4 is 5.91 Å². The minimum Gasteiger partial charge on any atom is -0.390 e. The summed E-state index contributed by atoms with van der Waals surface area (Å²) in [5, 5.41) is 10.4. The van der Waals surface area contributed by atoms with E-state index in [1.54, 1.807) is 6.92 Å². The summed E-state index contributed by atoms with van der Waals surface area (Å²) >= 11 is 0. The Morgan fingerprint density at radius 2 is 1.93 bits per heavy atom. The smallest absolute Gasteiger partial charge is 0.287 e. The first-order valence-corrected chi connectivity index (χ1v) is 4.56. The van der Waals surface area contributed by atoms with Crippen LogP contribution in [0.25, 0.3) is 0 Å². The molecule has 3 nitrogen and oxygen atoms in total. The van der Waals surface area contributed by atoms with Crippen LogP contribution in [-0.4, -0.2) is 30.1 Å². The molecule has 2 N–H and O–H groups in total. The lowest BCUT2D eigenvalue weighted by Gasteiger charge is -2.18. The van der Waals surface area contributed by atoms with Gasteiger partial charge in [-0.1, -0.05) is 20.8 Å². The highest BCUT2D eigenvalue weighted by Gasteiger charge is 2.29. The Hall–Kier alpha value is -0.710. The number of aliphatic hydroxyl groups is 1. The molecule has 0 bridgehead atoms. The van der Waals surface area contributed by atoms with Crippen LogP contribution in [0.15, 0.2) is 0 Å². The van der Waals surface area contributed by atoms with Crippen molar-refractivity contribution < 1.29 is 18.7 Å². The van der Waals surface area contributed by atoms with E-state index in [0.717, 1.165) is 0 Å². The van der Waals surface area contributed by atoms with Crippen LogP contribution in [0.1, 0.15) is 20.8 Å². The molecule has 5 heteroatoms. The van der Waals surface area contributed by atoms with Crippen molar-refractivity contribution in [1.29, 1.82) is 0 Å². The van der Waals surface area contributed by atoms with Crippen molar-refractivity contribution in [2.24, 2.45) is 11.8 Å². The zero-order chi connectivity index (χ0) is 11.4. The minimum atomic E-state index is -3.23. The second kappa shape index (κ2) is 5.24. The molecule has 0 aliphatic rings. The van der Waals surface area contributed by atoms with E-state index >= 15 is 0 Å². The normalized spacial score (nSPS) is 14.2. The molecule has 0 saturated carbocycles. The molecule has 1 unspecified atom stereocenters. The maximum atomic E-state index is 12.5. The standard InChI is InChI=1S/C9H17F2NO2/c1-6(2)7(3)8(14)12-4-9(10,11)5-13/h6-7,13H,4-5H2,1-3H3,(H,12,14). The summed E-state index contributed by atoms with van der Waals surface area (Å²) in [4.78, 5) is 11.2. The van der Waals surface area contributed by atoms with Gasteiger partial charge in [0.05, 0.1) is 6.54 Å². The second-order valence-corrected chi connectivity index (χ2v) is 3.76. The Morgan fingerprint density at radius 3 is 2.29 bits per heavy atom. The average molecular weight is 209 g/mol. The van der Waals surface area contributed by atoms with Gasteiger partial charge in [-0.15, -0.1) is 0 Å². The molecule has 14 heavy (non-hydrogen) atoms. The van der Waals surface area contributed by atoms with Crippen LogP contribution >= 0.6 is 0 Å². The summed E-state index contributed by atoms with van der Waals surface area (Å²) < 4.78 is 25.0. The van der Waals surface area contributed by atoms with Crippen LogP contribution in [-0.2, 0) is 4.79 Å². The zero-order valence-electron chi connectivity index (χ0n) is 8.68. The summed E-state index contributed by atoms with van der Waals surface area (Å²) in [6.45, 7) is 3.31. The molecule has 0 saturated heterocycles. The van der Waals surface area contributed by atoms with Crippen LogP contribution in [0, 0.1) is 11.8 Å². The van der Waals surface area contributed by atoms with Crippen LogP contribution in [0.5, 0.6) is 0 Å². The summed E-state index contributed by atoms with van der Waals surface area (Å²) in [5.74, 6) is -3.83. The van der Waals surface area contributed by atoms with Gasteiger partial charge in [-0.2, -0.15) is 0 Å².